The molecule has 6 nitrogen and oxygen atoms in total. The molecule has 2 aromatic heterocycles. The quantitative estimate of drug-likeness (QED) is 0.522. The summed E-state index contributed by atoms with van der Waals surface area (Å²) in [5, 5.41) is 4.34. The second-order valence-corrected chi connectivity index (χ2v) is 8.80. The van der Waals surface area contributed by atoms with E-state index < -0.39 is 0 Å². The van der Waals surface area contributed by atoms with E-state index in [-0.39, 0.29) is 12.1 Å². The van der Waals surface area contributed by atoms with Gasteiger partial charge >= 0.3 is 0 Å². The number of benzene rings is 1. The Balaban J connectivity index is 1.76. The fourth-order valence-electron chi connectivity index (χ4n) is 4.40. The van der Waals surface area contributed by atoms with E-state index in [1.54, 1.807) is 7.11 Å². The highest BCUT2D eigenvalue weighted by atomic mass is 32.1. The minimum Gasteiger partial charge on any atom is -0.497 e. The average Bonchev–Trinajstić information content (AvgIpc) is 3.33. The molecule has 0 spiro atoms. The Hall–Kier alpha value is -2.90. The predicted octanol–water partition coefficient (Wildman–Crippen LogP) is 4.11. The lowest BCUT2D eigenvalue weighted by atomic mass is 10.0. The largest absolute Gasteiger partial charge is 0.497 e. The van der Waals surface area contributed by atoms with Crippen molar-refractivity contribution in [3.05, 3.63) is 77.9 Å². The molecule has 1 N–H and O–H groups in total. The Morgan fingerprint density at radius 3 is 2.53 bits per heavy atom. The second-order valence-electron chi connectivity index (χ2n) is 8.41. The number of thiocarbonyl (C=S) groups is 1. The van der Waals surface area contributed by atoms with Crippen LogP contribution in [0, 0.1) is 6.92 Å². The molecule has 7 heteroatoms. The van der Waals surface area contributed by atoms with E-state index in [0.717, 1.165) is 41.8 Å². The average molecular weight is 450 g/mol. The van der Waals surface area contributed by atoms with Gasteiger partial charge in [0.15, 0.2) is 5.11 Å². The number of ether oxygens (including phenoxy) is 1. The van der Waals surface area contributed by atoms with Crippen molar-refractivity contribution in [2.24, 2.45) is 0 Å². The van der Waals surface area contributed by atoms with E-state index in [0.29, 0.717) is 0 Å². The van der Waals surface area contributed by atoms with Gasteiger partial charge in [-0.1, -0.05) is 6.07 Å². The fourth-order valence-corrected chi connectivity index (χ4v) is 4.73. The highest BCUT2D eigenvalue weighted by Crippen LogP contribution is 2.40. The first-order chi connectivity index (χ1) is 15.5. The van der Waals surface area contributed by atoms with Crippen LogP contribution in [0.1, 0.15) is 35.6 Å². The van der Waals surface area contributed by atoms with Gasteiger partial charge in [-0.15, -0.1) is 0 Å². The first kappa shape index (κ1) is 22.3. The molecule has 0 saturated carbocycles. The van der Waals surface area contributed by atoms with Crippen molar-refractivity contribution in [1.82, 2.24) is 24.7 Å². The van der Waals surface area contributed by atoms with Gasteiger partial charge in [-0.25, -0.2) is 0 Å². The molecule has 3 heterocycles. The van der Waals surface area contributed by atoms with Crippen LogP contribution in [-0.2, 0) is 0 Å². The topological polar surface area (TPSA) is 45.6 Å². The van der Waals surface area contributed by atoms with E-state index in [9.17, 15) is 0 Å². The van der Waals surface area contributed by atoms with E-state index in [1.807, 2.05) is 30.5 Å². The van der Waals surface area contributed by atoms with Gasteiger partial charge in [0.05, 0.1) is 24.9 Å². The van der Waals surface area contributed by atoms with Crippen molar-refractivity contribution >= 4 is 17.3 Å². The molecular formula is C25H31N5OS. The lowest BCUT2D eigenvalue weighted by Gasteiger charge is -2.29. The molecule has 1 saturated heterocycles. The van der Waals surface area contributed by atoms with Gasteiger partial charge in [-0.3, -0.25) is 4.98 Å². The monoisotopic (exact) mass is 449 g/mol. The molecule has 1 aromatic carbocycles. The molecule has 32 heavy (non-hydrogen) atoms. The Labute approximate surface area is 195 Å². The summed E-state index contributed by atoms with van der Waals surface area (Å²) in [5.74, 6) is 0.848. The standard InChI is InChI=1S/C25H31N5OS/c1-18-9-14-22(30(18)19-10-12-20(31-4)13-11-19)24-23(21-8-5-6-15-26-21)27-25(32)29(24)17-7-16-28(2)3/h5-6,8-15,23-24H,7,16-17H2,1-4H3,(H,27,32)/t23-,24+/m1/s1. The van der Waals surface area contributed by atoms with Crippen LogP contribution >= 0.6 is 12.2 Å². The van der Waals surface area contributed by atoms with Gasteiger partial charge in [0.1, 0.15) is 5.75 Å². The fraction of sp³-hybridized carbons (Fsp3) is 0.360. The molecule has 3 aromatic rings. The first-order valence-corrected chi connectivity index (χ1v) is 11.4. The molecular weight excluding hydrogens is 418 g/mol. The Morgan fingerprint density at radius 1 is 1.09 bits per heavy atom. The number of pyridine rings is 1. The summed E-state index contributed by atoms with van der Waals surface area (Å²) in [6.07, 6.45) is 2.88. The third-order valence-electron chi connectivity index (χ3n) is 5.94. The highest BCUT2D eigenvalue weighted by Gasteiger charge is 2.41. The third kappa shape index (κ3) is 4.49. The molecule has 1 aliphatic heterocycles. The van der Waals surface area contributed by atoms with Crippen molar-refractivity contribution in [3.8, 4) is 11.4 Å². The molecule has 168 valence electrons. The maximum Gasteiger partial charge on any atom is 0.170 e. The van der Waals surface area contributed by atoms with Crippen molar-refractivity contribution in [2.75, 3.05) is 34.3 Å². The van der Waals surface area contributed by atoms with Gasteiger partial charge in [-0.2, -0.15) is 0 Å². The number of hydrogen-bond acceptors (Lipinski definition) is 4. The van der Waals surface area contributed by atoms with E-state index in [1.165, 1.54) is 11.4 Å². The van der Waals surface area contributed by atoms with Crippen molar-refractivity contribution in [3.63, 3.8) is 0 Å². The van der Waals surface area contributed by atoms with Crippen LogP contribution in [0.15, 0.2) is 60.8 Å². The Bertz CT molecular complexity index is 1050. The third-order valence-corrected chi connectivity index (χ3v) is 6.29. The van der Waals surface area contributed by atoms with Crippen LogP contribution in [-0.4, -0.2) is 58.8 Å². The summed E-state index contributed by atoms with van der Waals surface area (Å²) in [4.78, 5) is 9.20. The number of hydrogen-bond donors (Lipinski definition) is 1. The summed E-state index contributed by atoms with van der Waals surface area (Å²) < 4.78 is 7.67. The molecule has 2 atom stereocenters. The summed E-state index contributed by atoms with van der Waals surface area (Å²) in [5.41, 5.74) is 4.47. The van der Waals surface area contributed by atoms with Gasteiger partial charge in [0.25, 0.3) is 0 Å². The van der Waals surface area contributed by atoms with Crippen LogP contribution in [0.4, 0.5) is 0 Å². The van der Waals surface area contributed by atoms with Crippen LogP contribution < -0.4 is 10.1 Å². The first-order valence-electron chi connectivity index (χ1n) is 10.9. The van der Waals surface area contributed by atoms with Crippen LogP contribution in [0.25, 0.3) is 5.69 Å². The minimum atomic E-state index is -0.0191. The van der Waals surface area contributed by atoms with Crippen LogP contribution in [0.3, 0.4) is 0 Å². The smallest absolute Gasteiger partial charge is 0.170 e. The molecule has 0 amide bonds. The van der Waals surface area contributed by atoms with Crippen molar-refractivity contribution in [2.45, 2.75) is 25.4 Å². The zero-order valence-corrected chi connectivity index (χ0v) is 20.0. The van der Waals surface area contributed by atoms with E-state index >= 15 is 0 Å². The van der Waals surface area contributed by atoms with Crippen LogP contribution in [0.5, 0.6) is 5.75 Å². The van der Waals surface area contributed by atoms with E-state index in [4.69, 9.17) is 17.0 Å². The van der Waals surface area contributed by atoms with Gasteiger partial charge in [0, 0.05) is 29.8 Å². The van der Waals surface area contributed by atoms with Crippen LogP contribution in [0.2, 0.25) is 0 Å². The minimum absolute atomic E-state index is 0.0191. The molecule has 1 aliphatic rings. The van der Waals surface area contributed by atoms with Crippen molar-refractivity contribution < 1.29 is 4.74 Å². The summed E-state index contributed by atoms with van der Waals surface area (Å²) in [7, 11) is 5.90. The molecule has 0 bridgehead atoms. The number of methoxy groups -OCH3 is 1. The summed E-state index contributed by atoms with van der Waals surface area (Å²) in [6.45, 7) is 4.03. The maximum absolute atomic E-state index is 5.82. The zero-order valence-electron chi connectivity index (χ0n) is 19.2. The summed E-state index contributed by atoms with van der Waals surface area (Å²) in [6, 6.07) is 18.7. The molecule has 0 unspecified atom stereocenters. The molecule has 1 fully saturated rings. The van der Waals surface area contributed by atoms with Gasteiger partial charge in [0.2, 0.25) is 0 Å². The molecule has 0 radical (unpaired) electrons. The number of aromatic nitrogens is 2. The van der Waals surface area contributed by atoms with Gasteiger partial charge < -0.3 is 24.4 Å². The Morgan fingerprint density at radius 2 is 1.88 bits per heavy atom. The van der Waals surface area contributed by atoms with Gasteiger partial charge in [-0.05, 0) is 94.7 Å². The Kier molecular flexibility index (Phi) is 6.77. The normalized spacial score (nSPS) is 18.3. The second kappa shape index (κ2) is 9.71. The predicted molar refractivity (Wildman–Crippen MR) is 132 cm³/mol. The summed E-state index contributed by atoms with van der Waals surface area (Å²) >= 11 is 5.82. The molecule has 4 rings (SSSR count). The maximum atomic E-state index is 5.82. The number of rotatable bonds is 8. The zero-order chi connectivity index (χ0) is 22.7. The number of nitrogens with one attached hydrogen (secondary N) is 1. The highest BCUT2D eigenvalue weighted by molar-refractivity contribution is 7.80. The lowest BCUT2D eigenvalue weighted by molar-refractivity contribution is 0.286. The number of nitrogens with zero attached hydrogens (tertiary/aromatic N) is 4. The van der Waals surface area contributed by atoms with Crippen molar-refractivity contribution in [1.29, 1.82) is 0 Å². The van der Waals surface area contributed by atoms with E-state index in [2.05, 4.69) is 76.0 Å². The molecule has 0 aliphatic carbocycles. The number of aryl methyl sites for hydroxylation is 1. The lowest BCUT2D eigenvalue weighted by Crippen LogP contribution is -2.33. The SMILES string of the molecule is COc1ccc(-n2c(C)ccc2[C@H]2[C@@H](c3ccccn3)NC(=S)N2CCCN(C)C)cc1.